The highest BCUT2D eigenvalue weighted by Gasteiger charge is 2.39. The number of rotatable bonds is 6. The molecule has 2 aromatic carbocycles. The van der Waals surface area contributed by atoms with Crippen LogP contribution in [-0.2, 0) is 11.2 Å². The molecule has 0 spiro atoms. The number of carbonyl (C=O) groups is 2. The van der Waals surface area contributed by atoms with E-state index in [-0.39, 0.29) is 28.4 Å². The van der Waals surface area contributed by atoms with Crippen LogP contribution in [-0.4, -0.2) is 26.9 Å². The van der Waals surface area contributed by atoms with Crippen molar-refractivity contribution < 1.29 is 29.6 Å². The molecule has 0 saturated heterocycles. The minimum Gasteiger partial charge on any atom is -0.508 e. The van der Waals surface area contributed by atoms with Crippen molar-refractivity contribution in [2.24, 2.45) is 0 Å². The Morgan fingerprint density at radius 2 is 1.75 bits per heavy atom. The number of phenolic OH excluding ortho intramolecular Hbond substituents is 3. The Morgan fingerprint density at radius 3 is 2.44 bits per heavy atom. The van der Waals surface area contributed by atoms with E-state index in [0.717, 1.165) is 12.8 Å². The van der Waals surface area contributed by atoms with Crippen LogP contribution in [0.15, 0.2) is 47.6 Å². The van der Waals surface area contributed by atoms with Crippen LogP contribution in [0, 0.1) is 6.92 Å². The summed E-state index contributed by atoms with van der Waals surface area (Å²) < 4.78 is 5.72. The number of carbonyl (C=O) groups excluding carboxylic acids is 2. The summed E-state index contributed by atoms with van der Waals surface area (Å²) in [5.41, 5.74) is 3.34. The Bertz CT molecular complexity index is 1140. The van der Waals surface area contributed by atoms with Crippen molar-refractivity contribution in [2.75, 3.05) is 0 Å². The number of benzene rings is 2. The van der Waals surface area contributed by atoms with Crippen molar-refractivity contribution in [1.82, 2.24) is 0 Å². The third-order valence-electron chi connectivity index (χ3n) is 5.59. The van der Waals surface area contributed by atoms with Gasteiger partial charge in [0.1, 0.15) is 28.6 Å². The lowest BCUT2D eigenvalue weighted by atomic mass is 9.91. The molecule has 0 aromatic heterocycles. The average molecular weight is 437 g/mol. The molecule has 0 bridgehead atoms. The highest BCUT2D eigenvalue weighted by molar-refractivity contribution is 6.47. The van der Waals surface area contributed by atoms with E-state index in [2.05, 4.69) is 19.9 Å². The Kier molecular flexibility index (Phi) is 6.72. The van der Waals surface area contributed by atoms with Crippen molar-refractivity contribution in [3.05, 3.63) is 69.8 Å². The van der Waals surface area contributed by atoms with Gasteiger partial charge < -0.3 is 20.1 Å². The molecule has 2 aromatic rings. The van der Waals surface area contributed by atoms with Gasteiger partial charge in [-0.1, -0.05) is 29.4 Å². The van der Waals surface area contributed by atoms with Crippen molar-refractivity contribution in [3.8, 4) is 23.0 Å². The van der Waals surface area contributed by atoms with E-state index in [1.807, 2.05) is 13.0 Å². The molecule has 168 valence electrons. The summed E-state index contributed by atoms with van der Waals surface area (Å²) in [4.78, 5) is 25.4. The Morgan fingerprint density at radius 1 is 1.03 bits per heavy atom. The van der Waals surface area contributed by atoms with Gasteiger partial charge in [-0.05, 0) is 64.7 Å². The van der Waals surface area contributed by atoms with E-state index in [0.29, 0.717) is 17.5 Å². The highest BCUT2D eigenvalue weighted by atomic mass is 16.5. The summed E-state index contributed by atoms with van der Waals surface area (Å²) in [5.74, 6) is -2.35. The van der Waals surface area contributed by atoms with Crippen molar-refractivity contribution >= 4 is 11.6 Å². The first-order chi connectivity index (χ1) is 15.1. The van der Waals surface area contributed by atoms with Gasteiger partial charge in [-0.3, -0.25) is 9.59 Å². The van der Waals surface area contributed by atoms with Crippen molar-refractivity contribution in [3.63, 3.8) is 0 Å². The quantitative estimate of drug-likeness (QED) is 0.423. The molecular weight excluding hydrogens is 408 g/mol. The lowest BCUT2D eigenvalue weighted by Crippen LogP contribution is -2.32. The number of Topliss-reactive ketones (excluding diaryl/α,β-unsaturated/α-hetero) is 2. The standard InChI is InChI=1S/C26H28O6/c1-14(2)6-5-7-15(3)8-9-17-12-18(10-11-19(17)27)26-25(31)24(30)22-21(32-26)13-20(28)16(4)23(22)29/h6,8,10-13,26-29H,5,7,9H2,1-4H3/b15-8+. The zero-order valence-electron chi connectivity index (χ0n) is 18.7. The maximum Gasteiger partial charge on any atom is 0.248 e. The van der Waals surface area contributed by atoms with Crippen LogP contribution >= 0.6 is 0 Å². The highest BCUT2D eigenvalue weighted by Crippen LogP contribution is 2.43. The van der Waals surface area contributed by atoms with Crippen LogP contribution in [0.2, 0.25) is 0 Å². The normalized spacial score (nSPS) is 15.9. The molecule has 32 heavy (non-hydrogen) atoms. The molecule has 0 radical (unpaired) electrons. The minimum atomic E-state index is -1.22. The van der Waals surface area contributed by atoms with Gasteiger partial charge in [-0.25, -0.2) is 0 Å². The molecule has 3 N–H and O–H groups in total. The maximum atomic E-state index is 12.7. The fourth-order valence-electron chi connectivity index (χ4n) is 3.59. The predicted octanol–water partition coefficient (Wildman–Crippen LogP) is 5.23. The molecule has 0 fully saturated rings. The zero-order valence-corrected chi connectivity index (χ0v) is 18.7. The summed E-state index contributed by atoms with van der Waals surface area (Å²) in [6.45, 7) is 7.59. The lowest BCUT2D eigenvalue weighted by molar-refractivity contribution is -0.122. The van der Waals surface area contributed by atoms with Crippen LogP contribution in [0.1, 0.15) is 66.8 Å². The molecule has 1 aliphatic heterocycles. The molecule has 0 amide bonds. The van der Waals surface area contributed by atoms with E-state index < -0.39 is 23.4 Å². The number of hydrogen-bond donors (Lipinski definition) is 3. The monoisotopic (exact) mass is 436 g/mol. The van der Waals surface area contributed by atoms with Crippen LogP contribution in [0.4, 0.5) is 0 Å². The van der Waals surface area contributed by atoms with Crippen LogP contribution in [0.25, 0.3) is 0 Å². The van der Waals surface area contributed by atoms with Gasteiger partial charge in [0.05, 0.1) is 0 Å². The smallest absolute Gasteiger partial charge is 0.248 e. The number of allylic oxidation sites excluding steroid dienone is 4. The van der Waals surface area contributed by atoms with E-state index in [4.69, 9.17) is 4.74 Å². The molecule has 6 heteroatoms. The fourth-order valence-corrected chi connectivity index (χ4v) is 3.59. The van der Waals surface area contributed by atoms with Gasteiger partial charge in [0.25, 0.3) is 0 Å². The molecule has 6 nitrogen and oxygen atoms in total. The van der Waals surface area contributed by atoms with E-state index in [9.17, 15) is 24.9 Å². The summed E-state index contributed by atoms with van der Waals surface area (Å²) in [7, 11) is 0. The maximum absolute atomic E-state index is 12.7. The lowest BCUT2D eigenvalue weighted by Gasteiger charge is -2.26. The van der Waals surface area contributed by atoms with Gasteiger partial charge >= 0.3 is 0 Å². The summed E-state index contributed by atoms with van der Waals surface area (Å²) >= 11 is 0. The molecule has 0 saturated carbocycles. The zero-order chi connectivity index (χ0) is 23.6. The number of phenols is 3. The summed E-state index contributed by atoms with van der Waals surface area (Å²) in [6, 6.07) is 5.86. The van der Waals surface area contributed by atoms with Gasteiger partial charge in [0, 0.05) is 17.2 Å². The molecule has 1 unspecified atom stereocenters. The second-order valence-electron chi connectivity index (χ2n) is 8.40. The number of hydrogen-bond acceptors (Lipinski definition) is 6. The Labute approximate surface area is 187 Å². The van der Waals surface area contributed by atoms with Crippen molar-refractivity contribution in [1.29, 1.82) is 0 Å². The second-order valence-corrected chi connectivity index (χ2v) is 8.40. The second kappa shape index (κ2) is 9.30. The Balaban J connectivity index is 1.87. The third-order valence-corrected chi connectivity index (χ3v) is 5.59. The minimum absolute atomic E-state index is 0.0511. The van der Waals surface area contributed by atoms with Gasteiger partial charge in [0.15, 0.2) is 6.10 Å². The summed E-state index contributed by atoms with van der Waals surface area (Å²) in [6.07, 6.45) is 5.30. The van der Waals surface area contributed by atoms with E-state index in [1.165, 1.54) is 36.3 Å². The predicted molar refractivity (Wildman–Crippen MR) is 121 cm³/mol. The van der Waals surface area contributed by atoms with Crippen molar-refractivity contribution in [2.45, 2.75) is 53.1 Å². The topological polar surface area (TPSA) is 104 Å². The van der Waals surface area contributed by atoms with Crippen LogP contribution in [0.5, 0.6) is 23.0 Å². The first-order valence-corrected chi connectivity index (χ1v) is 10.5. The van der Waals surface area contributed by atoms with E-state index in [1.54, 1.807) is 6.07 Å². The largest absolute Gasteiger partial charge is 0.508 e. The molecule has 0 aliphatic carbocycles. The van der Waals surface area contributed by atoms with Gasteiger partial charge in [-0.15, -0.1) is 0 Å². The summed E-state index contributed by atoms with van der Waals surface area (Å²) in [5, 5.41) is 30.5. The first-order valence-electron chi connectivity index (χ1n) is 10.5. The van der Waals surface area contributed by atoms with Gasteiger partial charge in [0.2, 0.25) is 11.6 Å². The molecule has 1 aliphatic rings. The number of aromatic hydroxyl groups is 3. The number of fused-ring (bicyclic) bond motifs is 1. The molecule has 1 heterocycles. The average Bonchev–Trinajstić information content (AvgIpc) is 2.73. The van der Waals surface area contributed by atoms with E-state index >= 15 is 0 Å². The SMILES string of the molecule is CC(C)=CCC/C(C)=C/Cc1cc(C2Oc3cc(O)c(C)c(O)c3C(=O)C2=O)ccc1O. The fraction of sp³-hybridized carbons (Fsp3) is 0.308. The number of ketones is 2. The molecule has 1 atom stereocenters. The molecular formula is C26H28O6. The van der Waals surface area contributed by atoms with Gasteiger partial charge in [-0.2, -0.15) is 0 Å². The molecule has 3 rings (SSSR count). The third kappa shape index (κ3) is 4.69. The first kappa shape index (κ1) is 23.1. The van der Waals surface area contributed by atoms with Crippen LogP contribution in [0.3, 0.4) is 0 Å². The Hall–Kier alpha value is -3.54. The number of ether oxygens (including phenoxy) is 1. The van der Waals surface area contributed by atoms with Crippen LogP contribution < -0.4 is 4.74 Å².